The van der Waals surface area contributed by atoms with Crippen molar-refractivity contribution in [1.29, 1.82) is 0 Å². The molecule has 0 spiro atoms. The first-order valence-electron chi connectivity index (χ1n) is 9.78. The Morgan fingerprint density at radius 2 is 2.10 bits per heavy atom. The predicted octanol–water partition coefficient (Wildman–Crippen LogP) is 6.20. The lowest BCUT2D eigenvalue weighted by Gasteiger charge is -2.23. The lowest BCUT2D eigenvalue weighted by Crippen LogP contribution is -2.37. The highest BCUT2D eigenvalue weighted by Gasteiger charge is 2.27. The minimum Gasteiger partial charge on any atom is -0.376 e. The number of fused-ring (bicyclic) bond motifs is 1. The molecule has 0 bridgehead atoms. The van der Waals surface area contributed by atoms with Crippen molar-refractivity contribution in [1.82, 2.24) is 4.98 Å². The fraction of sp³-hybridized carbons (Fsp3) is 0.364. The van der Waals surface area contributed by atoms with E-state index in [4.69, 9.17) is 21.3 Å². The molecule has 1 aliphatic rings. The SMILES string of the molecule is CCSc1ccc(C(=O)N(CC2CCCO2)c2nc3c(C)c(Cl)ccc3s2)cc1. The lowest BCUT2D eigenvalue weighted by molar-refractivity contribution is 0.0917. The van der Waals surface area contributed by atoms with Crippen LogP contribution in [-0.2, 0) is 4.74 Å². The molecule has 2 heterocycles. The van der Waals surface area contributed by atoms with Crippen molar-refractivity contribution in [3.05, 3.63) is 52.5 Å². The van der Waals surface area contributed by atoms with Crippen molar-refractivity contribution in [3.8, 4) is 0 Å². The second-order valence-corrected chi connectivity index (χ2v) is 9.78. The van der Waals surface area contributed by atoms with E-state index in [2.05, 4.69) is 6.92 Å². The summed E-state index contributed by atoms with van der Waals surface area (Å²) in [6.45, 7) is 5.35. The molecule has 1 fully saturated rings. The minimum absolute atomic E-state index is 0.0450. The maximum atomic E-state index is 13.4. The maximum Gasteiger partial charge on any atom is 0.260 e. The smallest absolute Gasteiger partial charge is 0.260 e. The average molecular weight is 447 g/mol. The van der Waals surface area contributed by atoms with E-state index in [1.807, 2.05) is 43.3 Å². The second-order valence-electron chi connectivity index (χ2n) is 7.02. The summed E-state index contributed by atoms with van der Waals surface area (Å²) in [6.07, 6.45) is 2.04. The van der Waals surface area contributed by atoms with E-state index in [1.54, 1.807) is 16.7 Å². The van der Waals surface area contributed by atoms with Gasteiger partial charge in [-0.3, -0.25) is 9.69 Å². The van der Waals surface area contributed by atoms with E-state index in [9.17, 15) is 4.79 Å². The van der Waals surface area contributed by atoms with Gasteiger partial charge in [0, 0.05) is 22.1 Å². The summed E-state index contributed by atoms with van der Waals surface area (Å²) in [4.78, 5) is 21.2. The van der Waals surface area contributed by atoms with Gasteiger partial charge in [-0.25, -0.2) is 4.98 Å². The summed E-state index contributed by atoms with van der Waals surface area (Å²) >= 11 is 9.56. The van der Waals surface area contributed by atoms with Crippen molar-refractivity contribution >= 4 is 56.0 Å². The molecule has 7 heteroatoms. The summed E-state index contributed by atoms with van der Waals surface area (Å²) in [6, 6.07) is 11.7. The summed E-state index contributed by atoms with van der Waals surface area (Å²) in [5, 5.41) is 1.38. The average Bonchev–Trinajstić information content (AvgIpc) is 3.39. The Morgan fingerprint density at radius 3 is 2.79 bits per heavy atom. The zero-order valence-electron chi connectivity index (χ0n) is 16.5. The molecular formula is C22H23ClN2O2S2. The molecule has 0 aliphatic carbocycles. The predicted molar refractivity (Wildman–Crippen MR) is 123 cm³/mol. The molecule has 1 amide bonds. The summed E-state index contributed by atoms with van der Waals surface area (Å²) in [5.41, 5.74) is 2.46. The summed E-state index contributed by atoms with van der Waals surface area (Å²) < 4.78 is 6.85. The largest absolute Gasteiger partial charge is 0.376 e. The van der Waals surface area contributed by atoms with Crippen LogP contribution in [0, 0.1) is 6.92 Å². The molecule has 1 atom stereocenters. The summed E-state index contributed by atoms with van der Waals surface area (Å²) in [7, 11) is 0. The highest BCUT2D eigenvalue weighted by atomic mass is 35.5. The molecule has 0 radical (unpaired) electrons. The number of carbonyl (C=O) groups excluding carboxylic acids is 1. The lowest BCUT2D eigenvalue weighted by atomic mass is 10.2. The van der Waals surface area contributed by atoms with Crippen LogP contribution in [0.2, 0.25) is 5.02 Å². The van der Waals surface area contributed by atoms with Crippen molar-refractivity contribution in [2.75, 3.05) is 23.8 Å². The van der Waals surface area contributed by atoms with Crippen LogP contribution in [0.1, 0.15) is 35.7 Å². The zero-order valence-corrected chi connectivity index (χ0v) is 18.9. The van der Waals surface area contributed by atoms with Gasteiger partial charge in [0.05, 0.1) is 22.9 Å². The quantitative estimate of drug-likeness (QED) is 0.423. The Hall–Kier alpha value is -1.60. The Kier molecular flexibility index (Phi) is 6.44. The topological polar surface area (TPSA) is 42.4 Å². The van der Waals surface area contributed by atoms with Gasteiger partial charge in [0.2, 0.25) is 0 Å². The molecule has 1 aliphatic heterocycles. The molecule has 0 N–H and O–H groups in total. The van der Waals surface area contributed by atoms with Crippen molar-refractivity contribution in [2.45, 2.75) is 37.7 Å². The van der Waals surface area contributed by atoms with Gasteiger partial charge in [-0.1, -0.05) is 29.9 Å². The number of anilines is 1. The van der Waals surface area contributed by atoms with Gasteiger partial charge >= 0.3 is 0 Å². The van der Waals surface area contributed by atoms with E-state index in [0.717, 1.165) is 41.0 Å². The summed E-state index contributed by atoms with van der Waals surface area (Å²) in [5.74, 6) is 0.961. The third-order valence-corrected chi connectivity index (χ3v) is 7.38. The Balaban J connectivity index is 1.69. The monoisotopic (exact) mass is 446 g/mol. The van der Waals surface area contributed by atoms with E-state index in [0.29, 0.717) is 22.3 Å². The van der Waals surface area contributed by atoms with Crippen LogP contribution in [0.25, 0.3) is 10.2 Å². The van der Waals surface area contributed by atoms with Crippen LogP contribution in [0.15, 0.2) is 41.3 Å². The van der Waals surface area contributed by atoms with Crippen molar-refractivity contribution in [2.24, 2.45) is 0 Å². The number of carbonyl (C=O) groups is 1. The number of benzene rings is 2. The molecule has 1 aromatic heterocycles. The van der Waals surface area contributed by atoms with Crippen molar-refractivity contribution < 1.29 is 9.53 Å². The first-order valence-corrected chi connectivity index (χ1v) is 12.0. The van der Waals surface area contributed by atoms with E-state index >= 15 is 0 Å². The molecule has 3 aromatic rings. The van der Waals surface area contributed by atoms with E-state index < -0.39 is 0 Å². The van der Waals surface area contributed by atoms with Gasteiger partial charge < -0.3 is 4.74 Å². The number of aromatic nitrogens is 1. The second kappa shape index (κ2) is 9.04. The first kappa shape index (κ1) is 20.7. The number of hydrogen-bond acceptors (Lipinski definition) is 5. The van der Waals surface area contributed by atoms with Crippen LogP contribution >= 0.6 is 34.7 Å². The van der Waals surface area contributed by atoms with Crippen LogP contribution in [0.5, 0.6) is 0 Å². The number of amides is 1. The van der Waals surface area contributed by atoms with Crippen LogP contribution < -0.4 is 4.90 Å². The number of thiazole rings is 1. The molecule has 1 unspecified atom stereocenters. The van der Waals surface area contributed by atoms with Gasteiger partial charge in [0.1, 0.15) is 0 Å². The number of ether oxygens (including phenoxy) is 1. The Bertz CT molecular complexity index is 1010. The number of aryl methyl sites for hydroxylation is 1. The molecule has 152 valence electrons. The van der Waals surface area contributed by atoms with Crippen molar-refractivity contribution in [3.63, 3.8) is 0 Å². The molecule has 4 rings (SSSR count). The van der Waals surface area contributed by atoms with Gasteiger partial charge in [0.25, 0.3) is 5.91 Å². The highest BCUT2D eigenvalue weighted by molar-refractivity contribution is 7.99. The van der Waals surface area contributed by atoms with E-state index in [-0.39, 0.29) is 12.0 Å². The van der Waals surface area contributed by atoms with Gasteiger partial charge in [-0.2, -0.15) is 0 Å². The van der Waals surface area contributed by atoms with Crippen LogP contribution in [0.4, 0.5) is 5.13 Å². The van der Waals surface area contributed by atoms with Crippen LogP contribution in [0.3, 0.4) is 0 Å². The number of nitrogens with zero attached hydrogens (tertiary/aromatic N) is 2. The van der Waals surface area contributed by atoms with Gasteiger partial charge in [-0.15, -0.1) is 11.8 Å². The molecule has 0 saturated carbocycles. The number of halogens is 1. The molecular weight excluding hydrogens is 424 g/mol. The van der Waals surface area contributed by atoms with Gasteiger partial charge in [-0.05, 0) is 67.5 Å². The normalized spacial score (nSPS) is 16.4. The van der Waals surface area contributed by atoms with Gasteiger partial charge in [0.15, 0.2) is 5.13 Å². The zero-order chi connectivity index (χ0) is 20.4. The molecule has 2 aromatic carbocycles. The number of rotatable bonds is 6. The fourth-order valence-corrected chi connectivity index (χ4v) is 5.31. The molecule has 4 nitrogen and oxygen atoms in total. The highest BCUT2D eigenvalue weighted by Crippen LogP contribution is 2.35. The Morgan fingerprint density at radius 1 is 1.31 bits per heavy atom. The molecule has 1 saturated heterocycles. The third kappa shape index (κ3) is 4.45. The van der Waals surface area contributed by atoms with Crippen LogP contribution in [-0.4, -0.2) is 35.9 Å². The Labute approximate surface area is 184 Å². The first-order chi connectivity index (χ1) is 14.1. The number of thioether (sulfide) groups is 1. The molecule has 29 heavy (non-hydrogen) atoms. The minimum atomic E-state index is -0.0450. The number of hydrogen-bond donors (Lipinski definition) is 0. The fourth-order valence-electron chi connectivity index (χ4n) is 3.46. The van der Waals surface area contributed by atoms with E-state index in [1.165, 1.54) is 16.2 Å². The maximum absolute atomic E-state index is 13.4. The third-order valence-electron chi connectivity index (χ3n) is 5.04. The standard InChI is InChI=1S/C22H23ClN2O2S2/c1-3-28-17-8-6-15(7-9-17)21(26)25(13-16-5-4-12-27-16)22-24-20-14(2)18(23)10-11-19(20)29-22/h6-11,16H,3-5,12-13H2,1-2H3.